The number of carbonyl (C=O) groups is 2. The summed E-state index contributed by atoms with van der Waals surface area (Å²) in [5.41, 5.74) is 2.74. The summed E-state index contributed by atoms with van der Waals surface area (Å²) >= 11 is 3.47. The van der Waals surface area contributed by atoms with Crippen LogP contribution in [0, 0.1) is 0 Å². The number of halogens is 1. The van der Waals surface area contributed by atoms with Crippen LogP contribution in [-0.4, -0.2) is 11.8 Å². The van der Waals surface area contributed by atoms with E-state index < -0.39 is 11.8 Å². The normalized spacial score (nSPS) is 10.1. The Hall–Kier alpha value is -3.18. The fourth-order valence-corrected chi connectivity index (χ4v) is 3.13. The molecule has 0 radical (unpaired) electrons. The van der Waals surface area contributed by atoms with Crippen LogP contribution in [-0.2, 0) is 22.7 Å². The Bertz CT molecular complexity index is 944. The van der Waals surface area contributed by atoms with Gasteiger partial charge in [0, 0.05) is 17.6 Å². The Morgan fingerprint density at radius 1 is 0.690 bits per heavy atom. The van der Waals surface area contributed by atoms with E-state index in [9.17, 15) is 9.59 Å². The van der Waals surface area contributed by atoms with E-state index in [-0.39, 0.29) is 5.57 Å². The van der Waals surface area contributed by atoms with Gasteiger partial charge in [-0.05, 0) is 28.8 Å². The average molecular weight is 449 g/mol. The number of carbonyl (C=O) groups excluding carboxylic acids is 2. The highest BCUT2D eigenvalue weighted by molar-refractivity contribution is 9.10. The van der Waals surface area contributed by atoms with Gasteiger partial charge >= 0.3 is 0 Å². The largest absolute Gasteiger partial charge is 0.348 e. The number of nitrogens with one attached hydrogen (secondary N) is 2. The lowest BCUT2D eigenvalue weighted by Crippen LogP contribution is -2.34. The third-order valence-electron chi connectivity index (χ3n) is 4.29. The van der Waals surface area contributed by atoms with Gasteiger partial charge < -0.3 is 10.6 Å². The lowest BCUT2D eigenvalue weighted by Gasteiger charge is -2.11. The Balaban J connectivity index is 1.78. The molecule has 0 heterocycles. The van der Waals surface area contributed by atoms with E-state index in [1.54, 1.807) is 6.08 Å². The van der Waals surface area contributed by atoms with E-state index in [0.717, 1.165) is 21.2 Å². The van der Waals surface area contributed by atoms with Crippen LogP contribution in [0.1, 0.15) is 16.7 Å². The van der Waals surface area contributed by atoms with Gasteiger partial charge in [0.1, 0.15) is 5.57 Å². The van der Waals surface area contributed by atoms with Crippen LogP contribution in [0.25, 0.3) is 6.08 Å². The van der Waals surface area contributed by atoms with Gasteiger partial charge in [-0.2, -0.15) is 0 Å². The molecule has 4 nitrogen and oxygen atoms in total. The highest BCUT2D eigenvalue weighted by Crippen LogP contribution is 2.19. The molecule has 0 fully saturated rings. The van der Waals surface area contributed by atoms with Crippen molar-refractivity contribution in [1.82, 2.24) is 10.6 Å². The summed E-state index contributed by atoms with van der Waals surface area (Å²) in [5.74, 6) is -0.842. The summed E-state index contributed by atoms with van der Waals surface area (Å²) in [5, 5.41) is 5.67. The predicted molar refractivity (Wildman–Crippen MR) is 119 cm³/mol. The molecule has 0 unspecified atom stereocenters. The molecule has 0 spiro atoms. The topological polar surface area (TPSA) is 58.2 Å². The van der Waals surface area contributed by atoms with E-state index >= 15 is 0 Å². The molecule has 0 saturated heterocycles. The minimum Gasteiger partial charge on any atom is -0.348 e. The van der Waals surface area contributed by atoms with E-state index in [0.29, 0.717) is 13.1 Å². The standard InChI is InChI=1S/C24H21BrN2O2/c25-22-14-8-7-13-20(22)15-21(23(28)26-16-18-9-3-1-4-10-18)24(29)27-17-19-11-5-2-6-12-19/h1-15H,16-17H2,(H,26,28)(H,27,29). The molecule has 2 amide bonds. The maximum atomic E-state index is 12.8. The zero-order valence-electron chi connectivity index (χ0n) is 15.8. The molecule has 0 saturated carbocycles. The molecule has 3 rings (SSSR count). The summed E-state index contributed by atoms with van der Waals surface area (Å²) in [6.07, 6.45) is 1.60. The smallest absolute Gasteiger partial charge is 0.257 e. The third kappa shape index (κ3) is 6.16. The van der Waals surface area contributed by atoms with Crippen LogP contribution in [0.4, 0.5) is 0 Å². The Kier molecular flexibility index (Phi) is 7.36. The molecule has 2 N–H and O–H groups in total. The molecule has 3 aromatic carbocycles. The van der Waals surface area contributed by atoms with Gasteiger partial charge in [-0.15, -0.1) is 0 Å². The summed E-state index contributed by atoms with van der Waals surface area (Å²) in [6, 6.07) is 26.6. The van der Waals surface area contributed by atoms with Gasteiger partial charge in [0.05, 0.1) is 0 Å². The van der Waals surface area contributed by atoms with Gasteiger partial charge in [0.2, 0.25) is 0 Å². The second kappa shape index (κ2) is 10.4. The molecule has 0 aliphatic rings. The molecule has 0 atom stereocenters. The maximum absolute atomic E-state index is 12.8. The van der Waals surface area contributed by atoms with Crippen LogP contribution in [0.15, 0.2) is 95.0 Å². The molecule has 0 aliphatic heterocycles. The zero-order valence-corrected chi connectivity index (χ0v) is 17.4. The van der Waals surface area contributed by atoms with Crippen molar-refractivity contribution in [1.29, 1.82) is 0 Å². The van der Waals surface area contributed by atoms with Crippen molar-refractivity contribution < 1.29 is 9.59 Å². The highest BCUT2D eigenvalue weighted by atomic mass is 79.9. The predicted octanol–water partition coefficient (Wildman–Crippen LogP) is 4.47. The van der Waals surface area contributed by atoms with Crippen LogP contribution >= 0.6 is 15.9 Å². The minimum atomic E-state index is -0.421. The lowest BCUT2D eigenvalue weighted by atomic mass is 10.1. The number of amides is 2. The molecular formula is C24H21BrN2O2. The summed E-state index contributed by atoms with van der Waals surface area (Å²) in [4.78, 5) is 25.7. The third-order valence-corrected chi connectivity index (χ3v) is 5.01. The molecule has 3 aromatic rings. The Morgan fingerprint density at radius 3 is 1.62 bits per heavy atom. The van der Waals surface area contributed by atoms with E-state index in [4.69, 9.17) is 0 Å². The minimum absolute atomic E-state index is 0.0590. The summed E-state index contributed by atoms with van der Waals surface area (Å²) in [7, 11) is 0. The lowest BCUT2D eigenvalue weighted by molar-refractivity contribution is -0.123. The average Bonchev–Trinajstić information content (AvgIpc) is 2.76. The molecule has 0 aromatic heterocycles. The number of benzene rings is 3. The fraction of sp³-hybridized carbons (Fsp3) is 0.0833. The zero-order chi connectivity index (χ0) is 20.5. The second-order valence-corrected chi connectivity index (χ2v) is 7.27. The first-order valence-electron chi connectivity index (χ1n) is 9.24. The number of hydrogen-bond donors (Lipinski definition) is 2. The second-order valence-electron chi connectivity index (χ2n) is 6.42. The van der Waals surface area contributed by atoms with Crippen molar-refractivity contribution in [3.8, 4) is 0 Å². The molecule has 0 bridgehead atoms. The first-order valence-corrected chi connectivity index (χ1v) is 10.0. The van der Waals surface area contributed by atoms with Crippen LogP contribution in [0.3, 0.4) is 0 Å². The monoisotopic (exact) mass is 448 g/mol. The van der Waals surface area contributed by atoms with E-state index in [1.165, 1.54) is 0 Å². The van der Waals surface area contributed by atoms with E-state index in [1.807, 2.05) is 84.9 Å². The number of hydrogen-bond acceptors (Lipinski definition) is 2. The molecule has 0 aliphatic carbocycles. The van der Waals surface area contributed by atoms with Gasteiger partial charge in [0.15, 0.2) is 0 Å². The first-order chi connectivity index (χ1) is 14.1. The van der Waals surface area contributed by atoms with Crippen molar-refractivity contribution in [3.63, 3.8) is 0 Å². The SMILES string of the molecule is O=C(NCc1ccccc1)C(=Cc1ccccc1Br)C(=O)NCc1ccccc1. The highest BCUT2D eigenvalue weighted by Gasteiger charge is 2.18. The van der Waals surface area contributed by atoms with Crippen LogP contribution in [0.2, 0.25) is 0 Å². The molecule has 29 heavy (non-hydrogen) atoms. The fourth-order valence-electron chi connectivity index (χ4n) is 2.73. The van der Waals surface area contributed by atoms with Crippen LogP contribution in [0.5, 0.6) is 0 Å². The Labute approximate surface area is 178 Å². The molecule has 5 heteroatoms. The van der Waals surface area contributed by atoms with Crippen molar-refractivity contribution in [3.05, 3.63) is 112 Å². The Morgan fingerprint density at radius 2 is 1.14 bits per heavy atom. The summed E-state index contributed by atoms with van der Waals surface area (Å²) in [6.45, 7) is 0.692. The van der Waals surface area contributed by atoms with Gasteiger partial charge in [-0.1, -0.05) is 94.8 Å². The van der Waals surface area contributed by atoms with Crippen LogP contribution < -0.4 is 10.6 Å². The maximum Gasteiger partial charge on any atom is 0.257 e. The van der Waals surface area contributed by atoms with Crippen molar-refractivity contribution >= 4 is 33.8 Å². The quantitative estimate of drug-likeness (QED) is 0.318. The van der Waals surface area contributed by atoms with Crippen molar-refractivity contribution in [2.45, 2.75) is 13.1 Å². The number of rotatable bonds is 7. The van der Waals surface area contributed by atoms with Gasteiger partial charge in [-0.3, -0.25) is 9.59 Å². The van der Waals surface area contributed by atoms with E-state index in [2.05, 4.69) is 26.6 Å². The van der Waals surface area contributed by atoms with Crippen molar-refractivity contribution in [2.24, 2.45) is 0 Å². The molecular weight excluding hydrogens is 428 g/mol. The van der Waals surface area contributed by atoms with Crippen molar-refractivity contribution in [2.75, 3.05) is 0 Å². The summed E-state index contributed by atoms with van der Waals surface area (Å²) < 4.78 is 0.809. The first kappa shape index (κ1) is 20.6. The molecule has 146 valence electrons. The van der Waals surface area contributed by atoms with Gasteiger partial charge in [-0.25, -0.2) is 0 Å². The van der Waals surface area contributed by atoms with Gasteiger partial charge in [0.25, 0.3) is 11.8 Å².